The van der Waals surface area contributed by atoms with Gasteiger partial charge in [-0.3, -0.25) is 0 Å². The molecule has 0 saturated carbocycles. The number of benzene rings is 1. The molecule has 3 aliphatic rings. The third-order valence-electron chi connectivity index (χ3n) is 4.39. The lowest BCUT2D eigenvalue weighted by Gasteiger charge is -2.31. The van der Waals surface area contributed by atoms with Crippen LogP contribution in [-0.2, 0) is 9.84 Å². The fourth-order valence-corrected chi connectivity index (χ4v) is 4.45. The van der Waals surface area contributed by atoms with Crippen molar-refractivity contribution in [1.29, 1.82) is 0 Å². The van der Waals surface area contributed by atoms with E-state index in [0.29, 0.717) is 12.0 Å². The van der Waals surface area contributed by atoms with Gasteiger partial charge in [-0.05, 0) is 18.2 Å². The molecular weight excluding hydrogens is 324 g/mol. The summed E-state index contributed by atoms with van der Waals surface area (Å²) >= 11 is 0. The van der Waals surface area contributed by atoms with E-state index in [1.807, 2.05) is 6.08 Å². The minimum Gasteiger partial charge on any atom is -0.369 e. The van der Waals surface area contributed by atoms with E-state index in [4.69, 9.17) is 0 Å². The highest BCUT2D eigenvalue weighted by atomic mass is 32.2. The van der Waals surface area contributed by atoms with Gasteiger partial charge in [0, 0.05) is 43.9 Å². The lowest BCUT2D eigenvalue weighted by Crippen LogP contribution is -2.43. The standard InChI is InChI=1S/C17H18N4O2S/c22-24(23,14-4-2-1-3-5-14)17-15-12-13(6-7-16(15)19-20-17)21-10-8-18-9-11-21/h1-6,12,18H,7-11H2. The largest absolute Gasteiger partial charge is 0.369 e. The van der Waals surface area contributed by atoms with Crippen molar-refractivity contribution in [2.75, 3.05) is 26.2 Å². The van der Waals surface area contributed by atoms with Gasteiger partial charge in [0.1, 0.15) is 0 Å². The lowest BCUT2D eigenvalue weighted by molar-refractivity contribution is 0.306. The molecule has 0 atom stereocenters. The molecule has 1 aromatic rings. The van der Waals surface area contributed by atoms with Crippen LogP contribution in [0.5, 0.6) is 0 Å². The average Bonchev–Trinajstić information content (AvgIpc) is 3.07. The number of sulfone groups is 1. The Bertz CT molecular complexity index is 876. The monoisotopic (exact) mass is 342 g/mol. The zero-order valence-corrected chi connectivity index (χ0v) is 14.0. The summed E-state index contributed by atoms with van der Waals surface area (Å²) in [5.74, 6) is 0. The van der Waals surface area contributed by atoms with Gasteiger partial charge in [0.2, 0.25) is 9.84 Å². The summed E-state index contributed by atoms with van der Waals surface area (Å²) in [4.78, 5) is 2.52. The number of rotatable bonds is 2. The van der Waals surface area contributed by atoms with Crippen molar-refractivity contribution in [3.63, 3.8) is 0 Å². The number of fused-ring (bicyclic) bond motifs is 1. The summed E-state index contributed by atoms with van der Waals surface area (Å²) in [5.41, 5.74) is 2.42. The molecule has 0 spiro atoms. The summed E-state index contributed by atoms with van der Waals surface area (Å²) in [7, 11) is -3.65. The van der Waals surface area contributed by atoms with Crippen LogP contribution < -0.4 is 5.32 Å². The SMILES string of the molecule is O=S(=O)(C1=NN=C2CC=C(N3CCNCC3)C=C21)c1ccccc1. The molecular formula is C17H18N4O2S. The normalized spacial score (nSPS) is 20.8. The van der Waals surface area contributed by atoms with Crippen LogP contribution in [0.25, 0.3) is 0 Å². The van der Waals surface area contributed by atoms with E-state index in [1.165, 1.54) is 0 Å². The molecule has 1 aromatic carbocycles. The van der Waals surface area contributed by atoms with Gasteiger partial charge in [-0.25, -0.2) is 8.42 Å². The maximum atomic E-state index is 12.9. The van der Waals surface area contributed by atoms with Crippen LogP contribution in [0.3, 0.4) is 0 Å². The number of nitrogens with zero attached hydrogens (tertiary/aromatic N) is 3. The van der Waals surface area contributed by atoms with Gasteiger partial charge in [-0.15, -0.1) is 5.10 Å². The zero-order chi connectivity index (χ0) is 16.6. The first-order chi connectivity index (χ1) is 11.7. The van der Waals surface area contributed by atoms with Crippen molar-refractivity contribution in [3.05, 3.63) is 53.8 Å². The highest BCUT2D eigenvalue weighted by Gasteiger charge is 2.34. The number of piperazine rings is 1. The van der Waals surface area contributed by atoms with Gasteiger partial charge in [-0.1, -0.05) is 24.3 Å². The van der Waals surface area contributed by atoms with E-state index in [9.17, 15) is 8.42 Å². The van der Waals surface area contributed by atoms with E-state index >= 15 is 0 Å². The van der Waals surface area contributed by atoms with Crippen LogP contribution in [0, 0.1) is 0 Å². The Kier molecular flexibility index (Phi) is 3.82. The van der Waals surface area contributed by atoms with Crippen molar-refractivity contribution in [3.8, 4) is 0 Å². The van der Waals surface area contributed by atoms with Crippen LogP contribution in [0.1, 0.15) is 6.42 Å². The Labute approximate surface area is 141 Å². The first-order valence-corrected chi connectivity index (χ1v) is 9.47. The number of allylic oxidation sites excluding steroid dienone is 2. The molecule has 1 aliphatic carbocycles. The molecule has 1 fully saturated rings. The lowest BCUT2D eigenvalue weighted by atomic mass is 10.0. The molecule has 0 bridgehead atoms. The first kappa shape index (κ1) is 15.3. The maximum absolute atomic E-state index is 12.9. The molecule has 0 unspecified atom stereocenters. The highest BCUT2D eigenvalue weighted by Crippen LogP contribution is 2.28. The molecule has 0 radical (unpaired) electrons. The van der Waals surface area contributed by atoms with Gasteiger partial charge < -0.3 is 10.2 Å². The number of hydrogen-bond donors (Lipinski definition) is 1. The molecule has 4 rings (SSSR count). The topological polar surface area (TPSA) is 74.1 Å². The fourth-order valence-electron chi connectivity index (χ4n) is 3.09. The number of nitrogens with one attached hydrogen (secondary N) is 1. The van der Waals surface area contributed by atoms with E-state index in [-0.39, 0.29) is 9.94 Å². The predicted molar refractivity (Wildman–Crippen MR) is 93.7 cm³/mol. The maximum Gasteiger partial charge on any atom is 0.226 e. The Hall–Kier alpha value is -2.25. The Balaban J connectivity index is 1.67. The minimum absolute atomic E-state index is 0.0597. The Morgan fingerprint density at radius 3 is 2.54 bits per heavy atom. The molecule has 1 saturated heterocycles. The van der Waals surface area contributed by atoms with E-state index in [1.54, 1.807) is 30.3 Å². The molecule has 2 heterocycles. The van der Waals surface area contributed by atoms with Crippen molar-refractivity contribution in [1.82, 2.24) is 10.2 Å². The summed E-state index contributed by atoms with van der Waals surface area (Å²) in [6.07, 6.45) is 4.63. The van der Waals surface area contributed by atoms with E-state index in [0.717, 1.165) is 37.6 Å². The van der Waals surface area contributed by atoms with Crippen LogP contribution in [0.4, 0.5) is 0 Å². The molecule has 1 N–H and O–H groups in total. The fraction of sp³-hybridized carbons (Fsp3) is 0.294. The molecule has 24 heavy (non-hydrogen) atoms. The van der Waals surface area contributed by atoms with Gasteiger partial charge >= 0.3 is 0 Å². The molecule has 7 heteroatoms. The van der Waals surface area contributed by atoms with Gasteiger partial charge in [0.15, 0.2) is 5.04 Å². The second kappa shape index (κ2) is 5.99. The quantitative estimate of drug-likeness (QED) is 0.880. The van der Waals surface area contributed by atoms with Crippen molar-refractivity contribution < 1.29 is 8.42 Å². The summed E-state index contributed by atoms with van der Waals surface area (Å²) < 4.78 is 25.8. The predicted octanol–water partition coefficient (Wildman–Crippen LogP) is 1.35. The molecule has 6 nitrogen and oxygen atoms in total. The summed E-state index contributed by atoms with van der Waals surface area (Å²) in [5, 5.41) is 11.5. The third-order valence-corrected chi connectivity index (χ3v) is 6.09. The molecule has 0 aromatic heterocycles. The van der Waals surface area contributed by atoms with Crippen LogP contribution >= 0.6 is 0 Å². The van der Waals surface area contributed by atoms with E-state index < -0.39 is 9.84 Å². The van der Waals surface area contributed by atoms with Gasteiger partial charge in [0.25, 0.3) is 0 Å². The molecule has 0 amide bonds. The van der Waals surface area contributed by atoms with Crippen molar-refractivity contribution in [2.45, 2.75) is 11.3 Å². The van der Waals surface area contributed by atoms with Crippen LogP contribution in [0.15, 0.2) is 68.9 Å². The second-order valence-electron chi connectivity index (χ2n) is 5.90. The van der Waals surface area contributed by atoms with Crippen molar-refractivity contribution >= 4 is 20.6 Å². The van der Waals surface area contributed by atoms with Gasteiger partial charge in [-0.2, -0.15) is 5.10 Å². The zero-order valence-electron chi connectivity index (χ0n) is 13.1. The smallest absolute Gasteiger partial charge is 0.226 e. The van der Waals surface area contributed by atoms with Gasteiger partial charge in [0.05, 0.1) is 10.6 Å². The minimum atomic E-state index is -3.65. The third kappa shape index (κ3) is 2.59. The highest BCUT2D eigenvalue weighted by molar-refractivity contribution is 8.07. The van der Waals surface area contributed by atoms with E-state index in [2.05, 4.69) is 26.5 Å². The average molecular weight is 342 g/mol. The molecule has 124 valence electrons. The first-order valence-electron chi connectivity index (χ1n) is 7.99. The second-order valence-corrected chi connectivity index (χ2v) is 7.76. The summed E-state index contributed by atoms with van der Waals surface area (Å²) in [6, 6.07) is 8.40. The van der Waals surface area contributed by atoms with Crippen LogP contribution in [-0.4, -0.2) is 50.3 Å². The number of hydrogen-bond acceptors (Lipinski definition) is 6. The summed E-state index contributed by atoms with van der Waals surface area (Å²) in [6.45, 7) is 3.70. The van der Waals surface area contributed by atoms with Crippen molar-refractivity contribution in [2.24, 2.45) is 10.2 Å². The Morgan fingerprint density at radius 2 is 1.79 bits per heavy atom. The molecule has 2 aliphatic heterocycles. The Morgan fingerprint density at radius 1 is 1.04 bits per heavy atom. The van der Waals surface area contributed by atoms with Crippen LogP contribution in [0.2, 0.25) is 0 Å².